The van der Waals surface area contributed by atoms with Crippen LogP contribution in [0.1, 0.15) is 58.2 Å². The zero-order valence-corrected chi connectivity index (χ0v) is 12.5. The highest BCUT2D eigenvalue weighted by atomic mass is 15.3. The molecule has 2 unspecified atom stereocenters. The van der Waals surface area contributed by atoms with Crippen LogP contribution in [-0.2, 0) is 6.54 Å². The zero-order valence-electron chi connectivity index (χ0n) is 12.5. The summed E-state index contributed by atoms with van der Waals surface area (Å²) in [4.78, 5) is 2.56. The fourth-order valence-electron chi connectivity index (χ4n) is 3.18. The molecule has 0 aromatic carbocycles. The van der Waals surface area contributed by atoms with Crippen molar-refractivity contribution in [3.63, 3.8) is 0 Å². The van der Waals surface area contributed by atoms with Crippen LogP contribution in [0.4, 0.5) is 0 Å². The van der Waals surface area contributed by atoms with Gasteiger partial charge >= 0.3 is 0 Å². The van der Waals surface area contributed by atoms with Gasteiger partial charge in [0.05, 0.1) is 11.7 Å². The van der Waals surface area contributed by atoms with E-state index in [1.54, 1.807) is 0 Å². The monoisotopic (exact) mass is 264 g/mol. The van der Waals surface area contributed by atoms with Crippen molar-refractivity contribution in [2.24, 2.45) is 5.73 Å². The van der Waals surface area contributed by atoms with Gasteiger partial charge in [0.25, 0.3) is 0 Å². The van der Waals surface area contributed by atoms with E-state index in [9.17, 15) is 0 Å². The Hall–Kier alpha value is -0.870. The summed E-state index contributed by atoms with van der Waals surface area (Å²) in [6, 6.07) is 3.22. The highest BCUT2D eigenvalue weighted by Crippen LogP contribution is 2.31. The Morgan fingerprint density at radius 2 is 2.21 bits per heavy atom. The number of aryl methyl sites for hydroxylation is 1. The lowest BCUT2D eigenvalue weighted by molar-refractivity contribution is 0.136. The third kappa shape index (κ3) is 3.18. The Bertz CT molecular complexity index is 385. The van der Waals surface area contributed by atoms with Crippen LogP contribution in [-0.4, -0.2) is 33.3 Å². The average Bonchev–Trinajstić information content (AvgIpc) is 2.72. The van der Waals surface area contributed by atoms with Gasteiger partial charge in [-0.15, -0.1) is 0 Å². The largest absolute Gasteiger partial charge is 0.326 e. The van der Waals surface area contributed by atoms with Gasteiger partial charge in [-0.1, -0.05) is 13.3 Å². The second kappa shape index (κ2) is 6.53. The highest BCUT2D eigenvalue weighted by Gasteiger charge is 2.32. The number of likely N-dealkylation sites (tertiary alicyclic amines) is 1. The predicted octanol–water partition coefficient (Wildman–Crippen LogP) is 2.56. The molecule has 2 heterocycles. The SMILES string of the molecule is CCCn1nccc1C1C(N)CCCCN1C(C)C. The summed E-state index contributed by atoms with van der Waals surface area (Å²) in [5.74, 6) is 0. The molecule has 4 heteroatoms. The molecule has 0 amide bonds. The smallest absolute Gasteiger partial charge is 0.0672 e. The van der Waals surface area contributed by atoms with Crippen molar-refractivity contribution in [3.05, 3.63) is 18.0 Å². The molecule has 1 aromatic heterocycles. The molecule has 0 saturated carbocycles. The van der Waals surface area contributed by atoms with Crippen molar-refractivity contribution in [1.29, 1.82) is 0 Å². The maximum atomic E-state index is 6.48. The third-order valence-corrected chi connectivity index (χ3v) is 4.12. The van der Waals surface area contributed by atoms with Crippen molar-refractivity contribution in [3.8, 4) is 0 Å². The molecular weight excluding hydrogens is 236 g/mol. The Morgan fingerprint density at radius 1 is 1.42 bits per heavy atom. The molecule has 0 aliphatic carbocycles. The highest BCUT2D eigenvalue weighted by molar-refractivity contribution is 5.11. The van der Waals surface area contributed by atoms with Gasteiger partial charge < -0.3 is 5.73 Å². The van der Waals surface area contributed by atoms with E-state index in [0.717, 1.165) is 25.9 Å². The molecule has 2 rings (SSSR count). The minimum atomic E-state index is 0.220. The summed E-state index contributed by atoms with van der Waals surface area (Å²) < 4.78 is 2.14. The van der Waals surface area contributed by atoms with E-state index >= 15 is 0 Å². The van der Waals surface area contributed by atoms with Crippen molar-refractivity contribution in [2.45, 2.75) is 71.1 Å². The quantitative estimate of drug-likeness (QED) is 0.909. The van der Waals surface area contributed by atoms with Crippen LogP contribution in [0.3, 0.4) is 0 Å². The molecule has 1 fully saturated rings. The van der Waals surface area contributed by atoms with Gasteiger partial charge in [-0.3, -0.25) is 9.58 Å². The second-order valence-electron chi connectivity index (χ2n) is 5.92. The lowest BCUT2D eigenvalue weighted by Crippen LogP contribution is -2.44. The van der Waals surface area contributed by atoms with E-state index < -0.39 is 0 Å². The van der Waals surface area contributed by atoms with Crippen molar-refractivity contribution < 1.29 is 0 Å². The van der Waals surface area contributed by atoms with Crippen molar-refractivity contribution in [1.82, 2.24) is 14.7 Å². The van der Waals surface area contributed by atoms with Crippen LogP contribution in [0.5, 0.6) is 0 Å². The summed E-state index contributed by atoms with van der Waals surface area (Å²) >= 11 is 0. The topological polar surface area (TPSA) is 47.1 Å². The first-order chi connectivity index (χ1) is 9.15. The first kappa shape index (κ1) is 14.5. The van der Waals surface area contributed by atoms with Crippen LogP contribution in [0, 0.1) is 0 Å². The maximum absolute atomic E-state index is 6.48. The Morgan fingerprint density at radius 3 is 2.89 bits per heavy atom. The van der Waals surface area contributed by atoms with E-state index in [1.165, 1.54) is 18.5 Å². The summed E-state index contributed by atoms with van der Waals surface area (Å²) in [7, 11) is 0. The lowest BCUT2D eigenvalue weighted by Gasteiger charge is -2.36. The predicted molar refractivity (Wildman–Crippen MR) is 78.9 cm³/mol. The number of hydrogen-bond acceptors (Lipinski definition) is 3. The van der Waals surface area contributed by atoms with Gasteiger partial charge in [0.2, 0.25) is 0 Å². The van der Waals surface area contributed by atoms with Crippen molar-refractivity contribution in [2.75, 3.05) is 6.54 Å². The average molecular weight is 264 g/mol. The van der Waals surface area contributed by atoms with Gasteiger partial charge in [-0.25, -0.2) is 0 Å². The number of nitrogens with two attached hydrogens (primary N) is 1. The number of hydrogen-bond donors (Lipinski definition) is 1. The third-order valence-electron chi connectivity index (χ3n) is 4.12. The molecule has 0 spiro atoms. The van der Waals surface area contributed by atoms with Gasteiger partial charge in [0.1, 0.15) is 0 Å². The fraction of sp³-hybridized carbons (Fsp3) is 0.800. The molecule has 108 valence electrons. The first-order valence-corrected chi connectivity index (χ1v) is 7.68. The molecular formula is C15H28N4. The number of nitrogens with zero attached hydrogens (tertiary/aromatic N) is 3. The molecule has 1 aromatic rings. The van der Waals surface area contributed by atoms with E-state index in [2.05, 4.69) is 41.5 Å². The fourth-order valence-corrected chi connectivity index (χ4v) is 3.18. The Kier molecular flexibility index (Phi) is 4.99. The van der Waals surface area contributed by atoms with E-state index in [1.807, 2.05) is 6.20 Å². The Labute approximate surface area is 117 Å². The molecule has 4 nitrogen and oxygen atoms in total. The van der Waals surface area contributed by atoms with Crippen LogP contribution in [0.15, 0.2) is 12.3 Å². The standard InChI is InChI=1S/C15H28N4/c1-4-10-19-14(8-9-17-19)15-13(16)7-5-6-11-18(15)12(2)3/h8-9,12-13,15H,4-7,10-11,16H2,1-3H3. The molecule has 0 bridgehead atoms. The second-order valence-corrected chi connectivity index (χ2v) is 5.92. The van der Waals surface area contributed by atoms with E-state index in [4.69, 9.17) is 5.73 Å². The summed E-state index contributed by atoms with van der Waals surface area (Å²) in [5.41, 5.74) is 7.78. The van der Waals surface area contributed by atoms with Crippen molar-refractivity contribution >= 4 is 0 Å². The molecule has 2 N–H and O–H groups in total. The molecule has 19 heavy (non-hydrogen) atoms. The Balaban J connectivity index is 2.32. The molecule has 0 radical (unpaired) electrons. The normalized spacial score (nSPS) is 25.7. The van der Waals surface area contributed by atoms with Crippen LogP contribution >= 0.6 is 0 Å². The van der Waals surface area contributed by atoms with Gasteiger partial charge in [0, 0.05) is 24.8 Å². The summed E-state index contributed by atoms with van der Waals surface area (Å²) in [6.45, 7) is 8.86. The summed E-state index contributed by atoms with van der Waals surface area (Å²) in [5, 5.41) is 4.47. The van der Waals surface area contributed by atoms with Gasteiger partial charge in [-0.05, 0) is 45.7 Å². The van der Waals surface area contributed by atoms with E-state index in [-0.39, 0.29) is 6.04 Å². The molecule has 1 aliphatic rings. The maximum Gasteiger partial charge on any atom is 0.0672 e. The van der Waals surface area contributed by atoms with Gasteiger partial charge in [0.15, 0.2) is 0 Å². The molecule has 1 aliphatic heterocycles. The molecule has 2 atom stereocenters. The van der Waals surface area contributed by atoms with Crippen LogP contribution in [0.2, 0.25) is 0 Å². The minimum absolute atomic E-state index is 0.220. The number of rotatable bonds is 4. The summed E-state index contributed by atoms with van der Waals surface area (Å²) in [6.07, 6.45) is 6.64. The molecule has 1 saturated heterocycles. The minimum Gasteiger partial charge on any atom is -0.326 e. The van der Waals surface area contributed by atoms with Crippen LogP contribution < -0.4 is 5.73 Å². The van der Waals surface area contributed by atoms with Gasteiger partial charge in [-0.2, -0.15) is 5.10 Å². The first-order valence-electron chi connectivity index (χ1n) is 7.68. The number of aromatic nitrogens is 2. The lowest BCUT2D eigenvalue weighted by atomic mass is 10.00. The van der Waals surface area contributed by atoms with Crippen LogP contribution in [0.25, 0.3) is 0 Å². The van der Waals surface area contributed by atoms with E-state index in [0.29, 0.717) is 12.1 Å². The zero-order chi connectivity index (χ0) is 13.8.